The van der Waals surface area contributed by atoms with Gasteiger partial charge in [0.1, 0.15) is 0 Å². The molecule has 3 amide bonds. The minimum Gasteiger partial charge on any atom is -0.366 e. The van der Waals surface area contributed by atoms with Gasteiger partial charge in [0.05, 0.1) is 17.4 Å². The quantitative estimate of drug-likeness (QED) is 0.568. The van der Waals surface area contributed by atoms with Crippen LogP contribution >= 0.6 is 0 Å². The molecule has 8 heteroatoms. The highest BCUT2D eigenvalue weighted by atomic mass is 16.2. The van der Waals surface area contributed by atoms with Crippen molar-refractivity contribution in [3.05, 3.63) is 59.4 Å². The van der Waals surface area contributed by atoms with E-state index >= 15 is 0 Å². The fourth-order valence-corrected chi connectivity index (χ4v) is 2.26. The molecular weight excluding hydrogens is 310 g/mol. The molecule has 0 unspecified atom stereocenters. The third-order valence-corrected chi connectivity index (χ3v) is 3.44. The number of aromatic amines is 1. The molecule has 0 bridgehead atoms. The Labute approximate surface area is 135 Å². The number of nitrogens with two attached hydrogens (primary N) is 2. The number of primary amides is 2. The summed E-state index contributed by atoms with van der Waals surface area (Å²) in [6, 6.07) is 8.99. The van der Waals surface area contributed by atoms with E-state index in [2.05, 4.69) is 15.3 Å². The van der Waals surface area contributed by atoms with E-state index < -0.39 is 17.7 Å². The summed E-state index contributed by atoms with van der Waals surface area (Å²) in [5.74, 6) is -1.87. The number of nitrogens with one attached hydrogen (secondary N) is 2. The first-order chi connectivity index (χ1) is 11.4. The zero-order valence-corrected chi connectivity index (χ0v) is 12.4. The van der Waals surface area contributed by atoms with Crippen LogP contribution in [0.5, 0.6) is 0 Å². The molecule has 8 nitrogen and oxygen atoms in total. The van der Waals surface area contributed by atoms with Crippen LogP contribution in [-0.2, 0) is 0 Å². The Bertz CT molecular complexity index is 945. The Kier molecular flexibility index (Phi) is 3.70. The predicted octanol–water partition coefficient (Wildman–Crippen LogP) is 1.01. The van der Waals surface area contributed by atoms with E-state index in [-0.39, 0.29) is 16.8 Å². The number of carbonyl (C=O) groups is 3. The van der Waals surface area contributed by atoms with Crippen LogP contribution in [0.3, 0.4) is 0 Å². The first kappa shape index (κ1) is 15.2. The lowest BCUT2D eigenvalue weighted by Crippen LogP contribution is -2.18. The molecule has 6 N–H and O–H groups in total. The molecule has 0 spiro atoms. The average molecular weight is 323 g/mol. The summed E-state index contributed by atoms with van der Waals surface area (Å²) in [4.78, 5) is 42.0. The topological polar surface area (TPSA) is 144 Å². The predicted molar refractivity (Wildman–Crippen MR) is 87.5 cm³/mol. The second-order valence-electron chi connectivity index (χ2n) is 5.12. The lowest BCUT2D eigenvalue weighted by atomic mass is 10.1. The molecule has 0 fully saturated rings. The average Bonchev–Trinajstić information content (AvgIpc) is 3.01. The van der Waals surface area contributed by atoms with E-state index in [1.54, 1.807) is 18.2 Å². The van der Waals surface area contributed by atoms with Crippen LogP contribution < -0.4 is 16.8 Å². The first-order valence-electron chi connectivity index (χ1n) is 6.93. The number of rotatable bonds is 4. The molecule has 3 aromatic rings. The van der Waals surface area contributed by atoms with Crippen molar-refractivity contribution in [2.24, 2.45) is 11.5 Å². The Hall–Kier alpha value is -3.68. The summed E-state index contributed by atoms with van der Waals surface area (Å²) >= 11 is 0. The van der Waals surface area contributed by atoms with Gasteiger partial charge in [-0.1, -0.05) is 0 Å². The van der Waals surface area contributed by atoms with Crippen molar-refractivity contribution in [2.45, 2.75) is 0 Å². The molecule has 0 aliphatic heterocycles. The Morgan fingerprint density at radius 2 is 1.58 bits per heavy atom. The molecule has 1 heterocycles. The molecule has 0 saturated heterocycles. The third-order valence-electron chi connectivity index (χ3n) is 3.44. The normalized spacial score (nSPS) is 10.5. The highest BCUT2D eigenvalue weighted by Crippen LogP contribution is 2.17. The largest absolute Gasteiger partial charge is 0.366 e. The van der Waals surface area contributed by atoms with Crippen molar-refractivity contribution in [3.8, 4) is 0 Å². The van der Waals surface area contributed by atoms with Crippen LogP contribution in [0.15, 0.2) is 42.7 Å². The monoisotopic (exact) mass is 323 g/mol. The van der Waals surface area contributed by atoms with E-state index in [1.165, 1.54) is 24.5 Å². The molecular formula is C16H13N5O3. The van der Waals surface area contributed by atoms with Gasteiger partial charge in [0.15, 0.2) is 0 Å². The van der Waals surface area contributed by atoms with Gasteiger partial charge in [-0.2, -0.15) is 0 Å². The first-order valence-corrected chi connectivity index (χ1v) is 6.93. The van der Waals surface area contributed by atoms with Gasteiger partial charge < -0.3 is 21.8 Å². The fourth-order valence-electron chi connectivity index (χ4n) is 2.26. The number of hydrogen-bond acceptors (Lipinski definition) is 4. The summed E-state index contributed by atoms with van der Waals surface area (Å²) in [5.41, 5.74) is 12.7. The summed E-state index contributed by atoms with van der Waals surface area (Å²) in [5, 5.41) is 2.62. The number of hydrogen-bond donors (Lipinski definition) is 4. The van der Waals surface area contributed by atoms with E-state index in [1.807, 2.05) is 0 Å². The maximum Gasteiger partial charge on any atom is 0.255 e. The zero-order chi connectivity index (χ0) is 17.3. The van der Waals surface area contributed by atoms with Crippen molar-refractivity contribution in [3.63, 3.8) is 0 Å². The van der Waals surface area contributed by atoms with Crippen LogP contribution in [-0.4, -0.2) is 27.7 Å². The van der Waals surface area contributed by atoms with Gasteiger partial charge >= 0.3 is 0 Å². The summed E-state index contributed by atoms with van der Waals surface area (Å²) in [6.45, 7) is 0. The van der Waals surface area contributed by atoms with Crippen LogP contribution in [0.1, 0.15) is 31.1 Å². The van der Waals surface area contributed by atoms with Crippen LogP contribution in [0, 0.1) is 0 Å². The number of benzene rings is 2. The molecule has 0 aliphatic carbocycles. The Morgan fingerprint density at radius 1 is 0.917 bits per heavy atom. The molecule has 0 saturated carbocycles. The number of amides is 3. The maximum absolute atomic E-state index is 12.4. The minimum absolute atomic E-state index is 0.0746. The Balaban J connectivity index is 1.92. The molecule has 2 aromatic carbocycles. The van der Waals surface area contributed by atoms with Gasteiger partial charge in [-0.05, 0) is 36.4 Å². The number of H-pyrrole nitrogens is 1. The molecule has 0 radical (unpaired) electrons. The van der Waals surface area contributed by atoms with Crippen molar-refractivity contribution < 1.29 is 14.4 Å². The number of nitrogens with zero attached hydrogens (tertiary/aromatic N) is 1. The molecule has 0 aliphatic rings. The minimum atomic E-state index is -0.729. The van der Waals surface area contributed by atoms with Gasteiger partial charge in [-0.25, -0.2) is 4.98 Å². The highest BCUT2D eigenvalue weighted by Gasteiger charge is 2.12. The number of aromatic nitrogens is 2. The van der Waals surface area contributed by atoms with Crippen LogP contribution in [0.25, 0.3) is 11.0 Å². The zero-order valence-electron chi connectivity index (χ0n) is 12.4. The van der Waals surface area contributed by atoms with Crippen molar-refractivity contribution in [2.75, 3.05) is 5.32 Å². The second-order valence-corrected chi connectivity index (χ2v) is 5.12. The lowest BCUT2D eigenvalue weighted by molar-refractivity contribution is 0.0994. The van der Waals surface area contributed by atoms with Crippen molar-refractivity contribution in [1.29, 1.82) is 0 Å². The van der Waals surface area contributed by atoms with Gasteiger partial charge in [-0.3, -0.25) is 14.4 Å². The molecule has 120 valence electrons. The van der Waals surface area contributed by atoms with Gasteiger partial charge in [-0.15, -0.1) is 0 Å². The second kappa shape index (κ2) is 5.84. The highest BCUT2D eigenvalue weighted by molar-refractivity contribution is 6.07. The van der Waals surface area contributed by atoms with Crippen LogP contribution in [0.4, 0.5) is 5.69 Å². The molecule has 3 rings (SSSR count). The van der Waals surface area contributed by atoms with Crippen molar-refractivity contribution in [1.82, 2.24) is 9.97 Å². The molecule has 1 aromatic heterocycles. The smallest absolute Gasteiger partial charge is 0.255 e. The molecule has 24 heavy (non-hydrogen) atoms. The van der Waals surface area contributed by atoms with Gasteiger partial charge in [0.2, 0.25) is 11.8 Å². The number of carbonyl (C=O) groups excluding carboxylic acids is 3. The summed E-state index contributed by atoms with van der Waals surface area (Å²) < 4.78 is 0. The number of anilines is 1. The summed E-state index contributed by atoms with van der Waals surface area (Å²) in [7, 11) is 0. The number of fused-ring (bicyclic) bond motifs is 1. The molecule has 0 atom stereocenters. The van der Waals surface area contributed by atoms with E-state index in [0.29, 0.717) is 11.1 Å². The Morgan fingerprint density at radius 3 is 2.21 bits per heavy atom. The van der Waals surface area contributed by atoms with E-state index in [0.717, 1.165) is 5.52 Å². The maximum atomic E-state index is 12.4. The van der Waals surface area contributed by atoms with Gasteiger partial charge in [0, 0.05) is 22.4 Å². The summed E-state index contributed by atoms with van der Waals surface area (Å²) in [6.07, 6.45) is 1.53. The van der Waals surface area contributed by atoms with Crippen LogP contribution in [0.2, 0.25) is 0 Å². The van der Waals surface area contributed by atoms with Crippen molar-refractivity contribution >= 4 is 34.4 Å². The SMILES string of the molecule is NC(=O)c1cc(NC(=O)c2ccc3nc[nH]c3c2)cc(C(N)=O)c1. The fraction of sp³-hybridized carbons (Fsp3) is 0. The third kappa shape index (κ3) is 2.93. The van der Waals surface area contributed by atoms with E-state index in [4.69, 9.17) is 11.5 Å². The van der Waals surface area contributed by atoms with E-state index in [9.17, 15) is 14.4 Å². The standard InChI is InChI=1S/C16H13N5O3/c17-14(22)9-3-10(15(18)23)5-11(4-9)21-16(24)8-1-2-12-13(6-8)20-7-19-12/h1-7H,(H2,17,22)(H2,18,23)(H,19,20)(H,21,24). The number of imidazole rings is 1. The lowest BCUT2D eigenvalue weighted by Gasteiger charge is -2.08. The van der Waals surface area contributed by atoms with Gasteiger partial charge in [0.25, 0.3) is 5.91 Å².